The van der Waals surface area contributed by atoms with Gasteiger partial charge >= 0.3 is 0 Å². The third-order valence-corrected chi connectivity index (χ3v) is 4.12. The molecule has 0 aliphatic rings. The van der Waals surface area contributed by atoms with Gasteiger partial charge in [-0.3, -0.25) is 0 Å². The van der Waals surface area contributed by atoms with E-state index in [4.69, 9.17) is 4.43 Å². The molecule has 0 amide bonds. The van der Waals surface area contributed by atoms with Crippen LogP contribution in [-0.2, 0) is 10.8 Å². The molecule has 0 saturated carbocycles. The average molecular weight is 244 g/mol. The largest absolute Gasteiger partial charge is 0.422 e. The quantitative estimate of drug-likeness (QED) is 0.723. The molecule has 1 rings (SSSR count). The van der Waals surface area contributed by atoms with Crippen LogP contribution < -0.4 is 0 Å². The Morgan fingerprint density at radius 2 is 1.88 bits per heavy atom. The summed E-state index contributed by atoms with van der Waals surface area (Å²) < 4.78 is 31.9. The van der Waals surface area contributed by atoms with Gasteiger partial charge in [-0.25, -0.2) is 8.78 Å². The van der Waals surface area contributed by atoms with Gasteiger partial charge in [0.1, 0.15) is 22.1 Å². The summed E-state index contributed by atoms with van der Waals surface area (Å²) in [6.07, 6.45) is 2.18. The van der Waals surface area contributed by atoms with Gasteiger partial charge in [0, 0.05) is 12.5 Å². The standard InChI is InChI=1S/C12H18F2OSi/c1-3-12(4-2,15-16)8-9-5-6-10(13)7-11(9)14/h5-7H,3-4,8H2,1-2,16H3. The third kappa shape index (κ3) is 2.89. The number of hydrogen-bond donors (Lipinski definition) is 0. The van der Waals surface area contributed by atoms with Crippen molar-refractivity contribution >= 4 is 10.5 Å². The first-order valence-corrected chi connectivity index (χ1v) is 6.37. The molecule has 1 aromatic rings. The van der Waals surface area contributed by atoms with Crippen molar-refractivity contribution in [1.82, 2.24) is 0 Å². The van der Waals surface area contributed by atoms with Gasteiger partial charge in [-0.2, -0.15) is 0 Å². The van der Waals surface area contributed by atoms with Crippen LogP contribution in [0.2, 0.25) is 0 Å². The molecule has 1 nitrogen and oxygen atoms in total. The molecule has 0 aromatic heterocycles. The lowest BCUT2D eigenvalue weighted by Crippen LogP contribution is -2.33. The molecular formula is C12H18F2OSi. The van der Waals surface area contributed by atoms with Gasteiger partial charge < -0.3 is 4.43 Å². The lowest BCUT2D eigenvalue weighted by molar-refractivity contribution is 0.0703. The zero-order valence-corrected chi connectivity index (χ0v) is 12.0. The SMILES string of the molecule is CCC(CC)(Cc1ccc(F)cc1F)O[SiH3]. The molecule has 0 fully saturated rings. The van der Waals surface area contributed by atoms with E-state index >= 15 is 0 Å². The Morgan fingerprint density at radius 1 is 1.25 bits per heavy atom. The van der Waals surface area contributed by atoms with Crippen molar-refractivity contribution in [2.24, 2.45) is 0 Å². The third-order valence-electron chi connectivity index (χ3n) is 3.25. The smallest absolute Gasteiger partial charge is 0.146 e. The van der Waals surface area contributed by atoms with Crippen LogP contribution in [0.15, 0.2) is 18.2 Å². The Bertz CT molecular complexity index is 343. The molecule has 0 bridgehead atoms. The molecule has 0 saturated heterocycles. The monoisotopic (exact) mass is 244 g/mol. The summed E-state index contributed by atoms with van der Waals surface area (Å²) in [5.74, 6) is -1.02. The topological polar surface area (TPSA) is 9.23 Å². The molecule has 0 aliphatic carbocycles. The number of halogens is 2. The van der Waals surface area contributed by atoms with Gasteiger partial charge in [0.25, 0.3) is 0 Å². The number of benzene rings is 1. The van der Waals surface area contributed by atoms with Crippen molar-refractivity contribution < 1.29 is 13.2 Å². The maximum Gasteiger partial charge on any atom is 0.146 e. The molecule has 0 unspecified atom stereocenters. The maximum absolute atomic E-state index is 13.5. The van der Waals surface area contributed by atoms with E-state index in [-0.39, 0.29) is 5.60 Å². The Balaban J connectivity index is 2.93. The maximum atomic E-state index is 13.5. The molecule has 90 valence electrons. The summed E-state index contributed by atoms with van der Waals surface area (Å²) in [5, 5.41) is 0. The molecule has 0 atom stereocenters. The van der Waals surface area contributed by atoms with Gasteiger partial charge in [-0.05, 0) is 24.5 Å². The van der Waals surface area contributed by atoms with E-state index in [1.54, 1.807) is 0 Å². The highest BCUT2D eigenvalue weighted by molar-refractivity contribution is 5.98. The van der Waals surface area contributed by atoms with Gasteiger partial charge in [0.2, 0.25) is 0 Å². The van der Waals surface area contributed by atoms with Crippen molar-refractivity contribution in [3.8, 4) is 0 Å². The van der Waals surface area contributed by atoms with Crippen molar-refractivity contribution in [3.05, 3.63) is 35.4 Å². The summed E-state index contributed by atoms with van der Waals surface area (Å²) in [7, 11) is 0.626. The van der Waals surface area contributed by atoms with Crippen LogP contribution in [0, 0.1) is 11.6 Å². The Kier molecular flexibility index (Phi) is 4.62. The van der Waals surface area contributed by atoms with E-state index in [2.05, 4.69) is 0 Å². The minimum absolute atomic E-state index is 0.287. The first kappa shape index (κ1) is 13.3. The van der Waals surface area contributed by atoms with Crippen LogP contribution >= 0.6 is 0 Å². The Hall–Kier alpha value is -0.743. The van der Waals surface area contributed by atoms with Crippen LogP contribution in [0.25, 0.3) is 0 Å². The Morgan fingerprint density at radius 3 is 2.31 bits per heavy atom. The second-order valence-electron chi connectivity index (χ2n) is 4.01. The minimum Gasteiger partial charge on any atom is -0.422 e. The first-order valence-electron chi connectivity index (χ1n) is 5.56. The number of hydrogen-bond acceptors (Lipinski definition) is 1. The van der Waals surface area contributed by atoms with E-state index in [1.807, 2.05) is 13.8 Å². The predicted molar refractivity (Wildman–Crippen MR) is 64.4 cm³/mol. The second-order valence-corrected chi connectivity index (χ2v) is 4.42. The molecule has 16 heavy (non-hydrogen) atoms. The highest BCUT2D eigenvalue weighted by atomic mass is 28.2. The summed E-state index contributed by atoms with van der Waals surface area (Å²) in [6.45, 7) is 4.06. The fraction of sp³-hybridized carbons (Fsp3) is 0.500. The Labute approximate surface area is 98.4 Å². The van der Waals surface area contributed by atoms with Crippen LogP contribution in [0.5, 0.6) is 0 Å². The molecule has 0 N–H and O–H groups in total. The van der Waals surface area contributed by atoms with Gasteiger partial charge in [-0.1, -0.05) is 19.9 Å². The molecule has 0 heterocycles. The molecule has 0 spiro atoms. The molecule has 4 heteroatoms. The van der Waals surface area contributed by atoms with Crippen molar-refractivity contribution in [1.29, 1.82) is 0 Å². The van der Waals surface area contributed by atoms with E-state index in [1.165, 1.54) is 12.1 Å². The predicted octanol–water partition coefficient (Wildman–Crippen LogP) is 2.36. The lowest BCUT2D eigenvalue weighted by atomic mass is 9.89. The summed E-state index contributed by atoms with van der Waals surface area (Å²) in [4.78, 5) is 0. The molecule has 1 aromatic carbocycles. The molecule has 0 radical (unpaired) electrons. The van der Waals surface area contributed by atoms with Crippen LogP contribution in [0.1, 0.15) is 32.3 Å². The lowest BCUT2D eigenvalue weighted by Gasteiger charge is -2.31. The highest BCUT2D eigenvalue weighted by Crippen LogP contribution is 2.26. The molecular weight excluding hydrogens is 226 g/mol. The molecule has 0 aliphatic heterocycles. The van der Waals surface area contributed by atoms with E-state index in [9.17, 15) is 8.78 Å². The zero-order valence-electron chi connectivity index (χ0n) is 10.0. The van der Waals surface area contributed by atoms with Gasteiger partial charge in [0.05, 0.1) is 5.60 Å². The summed E-state index contributed by atoms with van der Waals surface area (Å²) >= 11 is 0. The summed E-state index contributed by atoms with van der Waals surface area (Å²) in [6, 6.07) is 3.73. The van der Waals surface area contributed by atoms with Crippen molar-refractivity contribution in [2.75, 3.05) is 0 Å². The van der Waals surface area contributed by atoms with Crippen LogP contribution in [0.3, 0.4) is 0 Å². The fourth-order valence-electron chi connectivity index (χ4n) is 1.87. The zero-order chi connectivity index (χ0) is 12.2. The fourth-order valence-corrected chi connectivity index (χ4v) is 2.59. The van der Waals surface area contributed by atoms with Crippen molar-refractivity contribution in [3.63, 3.8) is 0 Å². The van der Waals surface area contributed by atoms with E-state index < -0.39 is 11.6 Å². The highest BCUT2D eigenvalue weighted by Gasteiger charge is 2.26. The number of rotatable bonds is 5. The minimum atomic E-state index is -0.536. The van der Waals surface area contributed by atoms with E-state index in [0.717, 1.165) is 18.9 Å². The van der Waals surface area contributed by atoms with E-state index in [0.29, 0.717) is 22.5 Å². The first-order chi connectivity index (χ1) is 7.56. The average Bonchev–Trinajstić information content (AvgIpc) is 2.29. The van der Waals surface area contributed by atoms with Crippen LogP contribution in [0.4, 0.5) is 8.78 Å². The van der Waals surface area contributed by atoms with Crippen LogP contribution in [-0.4, -0.2) is 16.1 Å². The van der Waals surface area contributed by atoms with Crippen molar-refractivity contribution in [2.45, 2.75) is 38.7 Å². The normalized spacial score (nSPS) is 12.0. The van der Waals surface area contributed by atoms with Gasteiger partial charge in [-0.15, -0.1) is 0 Å². The van der Waals surface area contributed by atoms with Gasteiger partial charge in [0.15, 0.2) is 0 Å². The summed E-state index contributed by atoms with van der Waals surface area (Å²) in [5.41, 5.74) is 0.242. The second kappa shape index (κ2) is 5.55.